The molecule has 0 saturated heterocycles. The van der Waals surface area contributed by atoms with E-state index in [2.05, 4.69) is 34.1 Å². The molecule has 0 radical (unpaired) electrons. The van der Waals surface area contributed by atoms with Gasteiger partial charge in [0.1, 0.15) is 18.2 Å². The molecule has 0 unspecified atom stereocenters. The zero-order valence-corrected chi connectivity index (χ0v) is 14.0. The second-order valence-electron chi connectivity index (χ2n) is 6.54. The van der Waals surface area contributed by atoms with Crippen LogP contribution in [0, 0.1) is 5.82 Å². The van der Waals surface area contributed by atoms with Gasteiger partial charge in [0.25, 0.3) is 5.91 Å². The van der Waals surface area contributed by atoms with Crippen molar-refractivity contribution in [2.24, 2.45) is 7.05 Å². The molecule has 2 aromatic carbocycles. The maximum absolute atomic E-state index is 13.4. The number of aromatic nitrogens is 1. The molecule has 0 saturated carbocycles. The highest BCUT2D eigenvalue weighted by molar-refractivity contribution is 6.32. The minimum atomic E-state index is -0.380. The summed E-state index contributed by atoms with van der Waals surface area (Å²) in [6, 6.07) is 12.6. The number of carbonyl (C=O) groups excluding carboxylic acids is 1. The van der Waals surface area contributed by atoms with Gasteiger partial charge in [0.05, 0.1) is 11.3 Å². The van der Waals surface area contributed by atoms with E-state index in [1.165, 1.54) is 12.1 Å². The molecule has 5 heteroatoms. The molecule has 1 amide bonds. The van der Waals surface area contributed by atoms with Crippen molar-refractivity contribution in [3.8, 4) is 0 Å². The zero-order valence-electron chi connectivity index (χ0n) is 14.0. The van der Waals surface area contributed by atoms with E-state index in [-0.39, 0.29) is 11.7 Å². The Morgan fingerprint density at radius 2 is 2.04 bits per heavy atom. The van der Waals surface area contributed by atoms with E-state index in [1.54, 1.807) is 6.07 Å². The Hall–Kier alpha value is -3.34. The minimum Gasteiger partial charge on any atom is -0.488 e. The minimum absolute atomic E-state index is 0.267. The van der Waals surface area contributed by atoms with Gasteiger partial charge in [-0.2, -0.15) is 0 Å². The van der Waals surface area contributed by atoms with Crippen molar-refractivity contribution in [3.05, 3.63) is 77.4 Å². The van der Waals surface area contributed by atoms with Crippen molar-refractivity contribution in [3.63, 3.8) is 0 Å². The van der Waals surface area contributed by atoms with Gasteiger partial charge in [-0.1, -0.05) is 6.07 Å². The summed E-state index contributed by atoms with van der Waals surface area (Å²) in [5.41, 5.74) is 4.85. The van der Waals surface area contributed by atoms with E-state index < -0.39 is 0 Å². The second kappa shape index (κ2) is 5.33. The summed E-state index contributed by atoms with van der Waals surface area (Å²) in [6.45, 7) is 0.404. The largest absolute Gasteiger partial charge is 0.488 e. The number of allylic oxidation sites excluding steroid dienone is 1. The van der Waals surface area contributed by atoms with Crippen LogP contribution in [0.4, 0.5) is 10.1 Å². The van der Waals surface area contributed by atoms with Crippen molar-refractivity contribution < 1.29 is 13.9 Å². The molecule has 3 heterocycles. The number of fused-ring (bicyclic) bond motifs is 2. The summed E-state index contributed by atoms with van der Waals surface area (Å²) in [5.74, 6) is -0.123. The Balaban J connectivity index is 1.59. The van der Waals surface area contributed by atoms with E-state index in [9.17, 15) is 9.18 Å². The first kappa shape index (κ1) is 15.0. The number of amides is 1. The molecule has 2 aliphatic rings. The molecular weight excluding hydrogens is 331 g/mol. The molecule has 0 atom stereocenters. The summed E-state index contributed by atoms with van der Waals surface area (Å²) < 4.78 is 21.3. The normalized spacial score (nSPS) is 18.7. The lowest BCUT2D eigenvalue weighted by Gasteiger charge is -2.03. The van der Waals surface area contributed by atoms with Crippen molar-refractivity contribution >= 4 is 33.6 Å². The highest BCUT2D eigenvalue weighted by atomic mass is 19.1. The summed E-state index contributed by atoms with van der Waals surface area (Å²) >= 11 is 0. The van der Waals surface area contributed by atoms with Gasteiger partial charge in [0, 0.05) is 35.3 Å². The van der Waals surface area contributed by atoms with Crippen molar-refractivity contribution in [2.45, 2.75) is 0 Å². The maximum Gasteiger partial charge on any atom is 0.260 e. The quantitative estimate of drug-likeness (QED) is 0.674. The molecule has 5 rings (SSSR count). The Kier molecular flexibility index (Phi) is 3.06. The number of nitrogens with one attached hydrogen (secondary N) is 1. The van der Waals surface area contributed by atoms with Crippen LogP contribution in [-0.2, 0) is 16.6 Å². The number of nitrogens with zero attached hydrogens (tertiary/aromatic N) is 1. The SMILES string of the molecule is Cn1ccc2cc(C3=C/C(=C4\C(=O)Nc5cc(F)ccc54)OC3)ccc21. The molecule has 0 bridgehead atoms. The van der Waals surface area contributed by atoms with Crippen molar-refractivity contribution in [2.75, 3.05) is 11.9 Å². The third-order valence-corrected chi connectivity index (χ3v) is 4.92. The van der Waals surface area contributed by atoms with Crippen LogP contribution in [0.15, 0.2) is 60.5 Å². The molecule has 2 aliphatic heterocycles. The van der Waals surface area contributed by atoms with Crippen LogP contribution in [-0.4, -0.2) is 17.1 Å². The fraction of sp³-hybridized carbons (Fsp3) is 0.0952. The molecule has 1 N–H and O–H groups in total. The third-order valence-electron chi connectivity index (χ3n) is 4.92. The predicted octanol–water partition coefficient (Wildman–Crippen LogP) is 4.09. The summed E-state index contributed by atoms with van der Waals surface area (Å²) in [6.07, 6.45) is 3.93. The average Bonchev–Trinajstić information content (AvgIpc) is 3.31. The number of anilines is 1. The van der Waals surface area contributed by atoms with Gasteiger partial charge in [0.15, 0.2) is 0 Å². The van der Waals surface area contributed by atoms with Crippen LogP contribution in [0.1, 0.15) is 11.1 Å². The van der Waals surface area contributed by atoms with Gasteiger partial charge in [-0.25, -0.2) is 4.39 Å². The first-order valence-electron chi connectivity index (χ1n) is 8.34. The summed E-state index contributed by atoms with van der Waals surface area (Å²) in [7, 11) is 2.02. The van der Waals surface area contributed by atoms with Crippen LogP contribution in [0.5, 0.6) is 0 Å². The lowest BCUT2D eigenvalue weighted by molar-refractivity contribution is -0.110. The monoisotopic (exact) mass is 346 g/mol. The number of benzene rings is 2. The van der Waals surface area contributed by atoms with Crippen molar-refractivity contribution in [1.29, 1.82) is 0 Å². The Labute approximate surface area is 149 Å². The fourth-order valence-electron chi connectivity index (χ4n) is 3.58. The summed E-state index contributed by atoms with van der Waals surface area (Å²) in [5, 5.41) is 3.86. The highest BCUT2D eigenvalue weighted by Gasteiger charge is 2.30. The van der Waals surface area contributed by atoms with Gasteiger partial charge in [-0.15, -0.1) is 0 Å². The molecule has 128 valence electrons. The van der Waals surface area contributed by atoms with E-state index in [0.717, 1.165) is 22.0 Å². The molecule has 3 aromatic rings. The lowest BCUT2D eigenvalue weighted by atomic mass is 10.0. The van der Waals surface area contributed by atoms with Crippen LogP contribution in [0.3, 0.4) is 0 Å². The van der Waals surface area contributed by atoms with E-state index >= 15 is 0 Å². The van der Waals surface area contributed by atoms with Crippen LogP contribution >= 0.6 is 0 Å². The Morgan fingerprint density at radius 1 is 1.15 bits per heavy atom. The van der Waals surface area contributed by atoms with E-state index in [4.69, 9.17) is 4.74 Å². The zero-order chi connectivity index (χ0) is 17.8. The van der Waals surface area contributed by atoms with Gasteiger partial charge in [0.2, 0.25) is 0 Å². The van der Waals surface area contributed by atoms with Gasteiger partial charge >= 0.3 is 0 Å². The molecule has 4 nitrogen and oxygen atoms in total. The molecule has 1 aromatic heterocycles. The van der Waals surface area contributed by atoms with Crippen LogP contribution < -0.4 is 5.32 Å². The summed E-state index contributed by atoms with van der Waals surface area (Å²) in [4.78, 5) is 12.3. The van der Waals surface area contributed by atoms with Gasteiger partial charge in [-0.05, 0) is 48.0 Å². The molecule has 0 spiro atoms. The van der Waals surface area contributed by atoms with Crippen LogP contribution in [0.2, 0.25) is 0 Å². The third kappa shape index (κ3) is 2.17. The topological polar surface area (TPSA) is 43.3 Å². The predicted molar refractivity (Wildman–Crippen MR) is 98.8 cm³/mol. The number of aryl methyl sites for hydroxylation is 1. The standard InChI is InChI=1S/C21H15FN2O2/c1-24-7-6-13-8-12(2-5-18(13)24)14-9-19(26-11-14)20-16-4-3-15(22)10-17(16)23-21(20)25/h2-10H,11H2,1H3,(H,23,25)/b20-19+. The Morgan fingerprint density at radius 3 is 2.92 bits per heavy atom. The second-order valence-corrected chi connectivity index (χ2v) is 6.54. The van der Waals surface area contributed by atoms with Crippen LogP contribution in [0.25, 0.3) is 22.0 Å². The van der Waals surface area contributed by atoms with E-state index in [1.807, 2.05) is 19.3 Å². The number of hydrogen-bond acceptors (Lipinski definition) is 2. The first-order valence-corrected chi connectivity index (χ1v) is 8.34. The fourth-order valence-corrected chi connectivity index (χ4v) is 3.58. The maximum atomic E-state index is 13.4. The van der Waals surface area contributed by atoms with Gasteiger partial charge < -0.3 is 14.6 Å². The molecule has 0 fully saturated rings. The molecule has 26 heavy (non-hydrogen) atoms. The number of halogens is 1. The lowest BCUT2D eigenvalue weighted by Crippen LogP contribution is -2.05. The number of rotatable bonds is 1. The van der Waals surface area contributed by atoms with E-state index in [0.29, 0.717) is 29.2 Å². The van der Waals surface area contributed by atoms with Gasteiger partial charge in [-0.3, -0.25) is 4.79 Å². The molecule has 0 aliphatic carbocycles. The number of ether oxygens (including phenoxy) is 1. The highest BCUT2D eigenvalue weighted by Crippen LogP contribution is 2.38. The Bertz CT molecular complexity index is 1150. The number of hydrogen-bond donors (Lipinski definition) is 1. The smallest absolute Gasteiger partial charge is 0.260 e. The first-order chi connectivity index (χ1) is 12.6. The number of carbonyl (C=O) groups is 1. The average molecular weight is 346 g/mol. The molecular formula is C21H15FN2O2. The van der Waals surface area contributed by atoms with Crippen molar-refractivity contribution in [1.82, 2.24) is 4.57 Å².